The number of aryl methyl sites for hydroxylation is 1. The van der Waals surface area contributed by atoms with E-state index >= 15 is 0 Å². The molecule has 0 radical (unpaired) electrons. The lowest BCUT2D eigenvalue weighted by molar-refractivity contribution is 0.0950. The van der Waals surface area contributed by atoms with Crippen LogP contribution in [0.5, 0.6) is 0 Å². The number of fused-ring (bicyclic) bond motifs is 1. The molecule has 0 aliphatic heterocycles. The minimum absolute atomic E-state index is 0.155. The maximum absolute atomic E-state index is 12.4. The van der Waals surface area contributed by atoms with E-state index in [1.54, 1.807) is 34.8 Å². The average molecular weight is 350 g/mol. The summed E-state index contributed by atoms with van der Waals surface area (Å²) in [7, 11) is 1.84. The van der Waals surface area contributed by atoms with Gasteiger partial charge in [-0.05, 0) is 18.2 Å². The number of carbonyl (C=O) groups excluding carboxylic acids is 1. The summed E-state index contributed by atoms with van der Waals surface area (Å²) in [5.41, 5.74) is 5.55. The van der Waals surface area contributed by atoms with E-state index in [4.69, 9.17) is 0 Å². The fraction of sp³-hybridized carbons (Fsp3) is 0.118. The van der Waals surface area contributed by atoms with Crippen LogP contribution in [0, 0.1) is 0 Å². The molecule has 7 nitrogen and oxygen atoms in total. The zero-order chi connectivity index (χ0) is 17.2. The smallest absolute Gasteiger partial charge is 0.251 e. The summed E-state index contributed by atoms with van der Waals surface area (Å²) >= 11 is 1.51. The van der Waals surface area contributed by atoms with E-state index in [1.807, 2.05) is 25.4 Å². The zero-order valence-corrected chi connectivity index (χ0v) is 14.2. The Kier molecular flexibility index (Phi) is 3.95. The molecule has 0 bridgehead atoms. The maximum atomic E-state index is 12.4. The summed E-state index contributed by atoms with van der Waals surface area (Å²) in [5, 5.41) is 7.06. The summed E-state index contributed by atoms with van der Waals surface area (Å²) in [6.07, 6.45) is 6.84. The Morgan fingerprint density at radius 2 is 2.12 bits per heavy atom. The van der Waals surface area contributed by atoms with Crippen molar-refractivity contribution in [2.75, 3.05) is 0 Å². The third-order valence-electron chi connectivity index (χ3n) is 3.76. The van der Waals surface area contributed by atoms with E-state index in [0.29, 0.717) is 17.0 Å². The van der Waals surface area contributed by atoms with Crippen molar-refractivity contribution in [3.63, 3.8) is 0 Å². The Bertz CT molecular complexity index is 1050. The number of hydrogen-bond acceptors (Lipinski definition) is 6. The van der Waals surface area contributed by atoms with Crippen LogP contribution in [0.4, 0.5) is 0 Å². The fourth-order valence-electron chi connectivity index (χ4n) is 2.54. The van der Waals surface area contributed by atoms with Crippen molar-refractivity contribution in [3.05, 3.63) is 59.8 Å². The summed E-state index contributed by atoms with van der Waals surface area (Å²) in [6, 6.07) is 5.47. The van der Waals surface area contributed by atoms with Gasteiger partial charge in [0.2, 0.25) is 0 Å². The average Bonchev–Trinajstić information content (AvgIpc) is 3.28. The monoisotopic (exact) mass is 350 g/mol. The van der Waals surface area contributed by atoms with Crippen LogP contribution >= 0.6 is 11.3 Å². The number of thiazole rings is 1. The molecule has 0 aliphatic carbocycles. The van der Waals surface area contributed by atoms with E-state index < -0.39 is 0 Å². The van der Waals surface area contributed by atoms with Crippen LogP contribution in [0.1, 0.15) is 16.1 Å². The Morgan fingerprint density at radius 3 is 2.96 bits per heavy atom. The van der Waals surface area contributed by atoms with Crippen molar-refractivity contribution in [2.45, 2.75) is 6.54 Å². The molecule has 124 valence electrons. The van der Waals surface area contributed by atoms with E-state index in [2.05, 4.69) is 25.4 Å². The molecule has 1 amide bonds. The van der Waals surface area contributed by atoms with E-state index in [1.165, 1.54) is 11.3 Å². The summed E-state index contributed by atoms with van der Waals surface area (Å²) < 4.78 is 2.69. The van der Waals surface area contributed by atoms with Crippen LogP contribution in [0.2, 0.25) is 0 Å². The first-order chi connectivity index (χ1) is 12.2. The highest BCUT2D eigenvalue weighted by Crippen LogP contribution is 2.20. The number of carbonyl (C=O) groups is 1. The van der Waals surface area contributed by atoms with E-state index in [9.17, 15) is 4.79 Å². The van der Waals surface area contributed by atoms with Crippen molar-refractivity contribution in [1.29, 1.82) is 0 Å². The van der Waals surface area contributed by atoms with E-state index in [-0.39, 0.29) is 12.5 Å². The topological polar surface area (TPSA) is 85.6 Å². The summed E-state index contributed by atoms with van der Waals surface area (Å²) in [4.78, 5) is 25.4. The van der Waals surface area contributed by atoms with Gasteiger partial charge < -0.3 is 5.32 Å². The highest BCUT2D eigenvalue weighted by Gasteiger charge is 2.12. The lowest BCUT2D eigenvalue weighted by Gasteiger charge is -2.08. The van der Waals surface area contributed by atoms with Crippen LogP contribution in [-0.4, -0.2) is 30.6 Å². The molecule has 8 heteroatoms. The molecule has 0 saturated heterocycles. The van der Waals surface area contributed by atoms with Gasteiger partial charge in [0.1, 0.15) is 0 Å². The first kappa shape index (κ1) is 15.4. The van der Waals surface area contributed by atoms with Crippen LogP contribution in [0.3, 0.4) is 0 Å². The van der Waals surface area contributed by atoms with Crippen molar-refractivity contribution in [1.82, 2.24) is 30.0 Å². The van der Waals surface area contributed by atoms with Crippen LogP contribution < -0.4 is 5.32 Å². The maximum Gasteiger partial charge on any atom is 0.251 e. The molecular weight excluding hydrogens is 336 g/mol. The molecular formula is C17H14N6OS. The van der Waals surface area contributed by atoms with Gasteiger partial charge in [0, 0.05) is 36.8 Å². The van der Waals surface area contributed by atoms with Crippen LogP contribution in [0.15, 0.2) is 48.5 Å². The molecule has 0 unspecified atom stereocenters. The number of hydrogen-bond donors (Lipinski definition) is 1. The normalized spacial score (nSPS) is 10.9. The molecule has 3 heterocycles. The van der Waals surface area contributed by atoms with Gasteiger partial charge >= 0.3 is 0 Å². The molecule has 0 saturated carbocycles. The Balaban J connectivity index is 1.54. The Morgan fingerprint density at radius 1 is 1.24 bits per heavy atom. The van der Waals surface area contributed by atoms with Crippen LogP contribution in [0.25, 0.3) is 21.5 Å². The lowest BCUT2D eigenvalue weighted by Crippen LogP contribution is -2.23. The van der Waals surface area contributed by atoms with Gasteiger partial charge in [0.05, 0.1) is 39.9 Å². The minimum Gasteiger partial charge on any atom is -0.346 e. The predicted molar refractivity (Wildman–Crippen MR) is 95.0 cm³/mol. The first-order valence-electron chi connectivity index (χ1n) is 7.61. The van der Waals surface area contributed by atoms with Crippen LogP contribution in [-0.2, 0) is 13.6 Å². The Hall–Kier alpha value is -3.13. The van der Waals surface area contributed by atoms with Gasteiger partial charge in [-0.15, -0.1) is 11.3 Å². The van der Waals surface area contributed by atoms with Gasteiger partial charge in [0.25, 0.3) is 5.91 Å². The molecule has 1 aromatic carbocycles. The van der Waals surface area contributed by atoms with Gasteiger partial charge in [-0.25, -0.2) is 4.98 Å². The van der Waals surface area contributed by atoms with Crippen molar-refractivity contribution >= 4 is 27.5 Å². The third-order valence-corrected chi connectivity index (χ3v) is 4.55. The van der Waals surface area contributed by atoms with Crippen molar-refractivity contribution in [2.24, 2.45) is 7.05 Å². The second-order valence-electron chi connectivity index (χ2n) is 5.47. The molecule has 0 atom stereocenters. The zero-order valence-electron chi connectivity index (χ0n) is 13.4. The SMILES string of the molecule is Cn1cc(-c2nccnc2CNC(=O)c2ccc3ncsc3c2)cn1. The Labute approximate surface area is 147 Å². The largest absolute Gasteiger partial charge is 0.346 e. The highest BCUT2D eigenvalue weighted by atomic mass is 32.1. The standard InChI is InChI=1S/C17H14N6OS/c1-23-9-12(7-22-23)16-14(18-4-5-19-16)8-20-17(24)11-2-3-13-15(6-11)25-10-21-13/h2-7,9-10H,8H2,1H3,(H,20,24). The molecule has 0 spiro atoms. The molecule has 3 aromatic heterocycles. The molecule has 4 aromatic rings. The molecule has 0 fully saturated rings. The number of nitrogens with zero attached hydrogens (tertiary/aromatic N) is 5. The highest BCUT2D eigenvalue weighted by molar-refractivity contribution is 7.16. The molecule has 4 rings (SSSR count). The quantitative estimate of drug-likeness (QED) is 0.611. The number of amides is 1. The molecule has 1 N–H and O–H groups in total. The van der Waals surface area contributed by atoms with Gasteiger partial charge in [-0.2, -0.15) is 5.10 Å². The molecule has 25 heavy (non-hydrogen) atoms. The van der Waals surface area contributed by atoms with Gasteiger partial charge in [-0.1, -0.05) is 0 Å². The van der Waals surface area contributed by atoms with E-state index in [0.717, 1.165) is 15.8 Å². The predicted octanol–water partition coefficient (Wildman–Crippen LogP) is 2.42. The fourth-order valence-corrected chi connectivity index (χ4v) is 3.26. The number of benzene rings is 1. The second kappa shape index (κ2) is 6.40. The van der Waals surface area contributed by atoms with Crippen molar-refractivity contribution < 1.29 is 4.79 Å². The number of nitrogens with one attached hydrogen (secondary N) is 1. The molecule has 0 aliphatic rings. The minimum atomic E-state index is -0.155. The number of aromatic nitrogens is 5. The lowest BCUT2D eigenvalue weighted by atomic mass is 10.1. The van der Waals surface area contributed by atoms with Gasteiger partial charge in [0.15, 0.2) is 0 Å². The first-order valence-corrected chi connectivity index (χ1v) is 8.49. The number of rotatable bonds is 4. The van der Waals surface area contributed by atoms with Gasteiger partial charge in [-0.3, -0.25) is 19.4 Å². The summed E-state index contributed by atoms with van der Waals surface area (Å²) in [6.45, 7) is 0.289. The second-order valence-corrected chi connectivity index (χ2v) is 6.36. The third kappa shape index (κ3) is 3.11. The van der Waals surface area contributed by atoms with Crippen molar-refractivity contribution in [3.8, 4) is 11.3 Å². The summed E-state index contributed by atoms with van der Waals surface area (Å²) in [5.74, 6) is -0.155.